The second-order valence-corrected chi connectivity index (χ2v) is 23.2. The molecule has 4 nitrogen and oxygen atoms in total. The molecule has 68 heavy (non-hydrogen) atoms. The van der Waals surface area contributed by atoms with Crippen molar-refractivity contribution < 1.29 is 9.15 Å². The van der Waals surface area contributed by atoms with Gasteiger partial charge in [-0.15, -0.1) is 11.3 Å². The van der Waals surface area contributed by atoms with Crippen molar-refractivity contribution in [2.75, 3.05) is 4.90 Å². The van der Waals surface area contributed by atoms with Crippen molar-refractivity contribution in [1.29, 1.82) is 0 Å². The van der Waals surface area contributed by atoms with Crippen molar-refractivity contribution in [2.45, 2.75) is 78.6 Å². The molecular weight excluding hydrogens is 848 g/mol. The van der Waals surface area contributed by atoms with Crippen molar-refractivity contribution >= 4 is 105 Å². The van der Waals surface area contributed by atoms with Crippen LogP contribution in [0, 0.1) is 6.92 Å². The van der Waals surface area contributed by atoms with Gasteiger partial charge < -0.3 is 18.6 Å². The van der Waals surface area contributed by atoms with Gasteiger partial charge in [0.25, 0.3) is 6.71 Å². The molecule has 2 aliphatic heterocycles. The molecule has 330 valence electrons. The number of nitrogens with zero attached hydrogens (tertiary/aromatic N) is 2. The lowest BCUT2D eigenvalue weighted by Gasteiger charge is -2.39. The minimum absolute atomic E-state index is 0.0209. The molecule has 1 aliphatic carbocycles. The van der Waals surface area contributed by atoms with Crippen LogP contribution in [0.3, 0.4) is 0 Å². The average Bonchev–Trinajstić information content (AvgIpc) is 4.05. The molecule has 0 amide bonds. The molecule has 3 aromatic heterocycles. The lowest BCUT2D eigenvalue weighted by Crippen LogP contribution is -2.58. The maximum atomic E-state index is 7.46. The fourth-order valence-corrected chi connectivity index (χ4v) is 13.5. The van der Waals surface area contributed by atoms with Gasteiger partial charge in [0.05, 0.1) is 27.8 Å². The number of anilines is 3. The summed E-state index contributed by atoms with van der Waals surface area (Å²) in [4.78, 5) is 2.54. The van der Waals surface area contributed by atoms with Gasteiger partial charge in [-0.25, -0.2) is 0 Å². The molecule has 14 rings (SSSR count). The van der Waals surface area contributed by atoms with Gasteiger partial charge >= 0.3 is 0 Å². The monoisotopic (exact) mass is 898 g/mol. The lowest BCUT2D eigenvalue weighted by atomic mass is 9.36. The van der Waals surface area contributed by atoms with E-state index < -0.39 is 0 Å². The van der Waals surface area contributed by atoms with Crippen molar-refractivity contribution in [3.05, 3.63) is 173 Å². The Hall–Kier alpha value is -7.02. The summed E-state index contributed by atoms with van der Waals surface area (Å²) in [5.74, 6) is 1.78. The maximum absolute atomic E-state index is 7.46. The van der Waals surface area contributed by atoms with E-state index in [-0.39, 0.29) is 23.0 Å². The number of furan rings is 1. The zero-order chi connectivity index (χ0) is 46.3. The van der Waals surface area contributed by atoms with Crippen LogP contribution in [0.2, 0.25) is 0 Å². The van der Waals surface area contributed by atoms with E-state index in [0.717, 1.165) is 61.4 Å². The van der Waals surface area contributed by atoms with Crippen LogP contribution < -0.4 is 25.3 Å². The first-order chi connectivity index (χ1) is 32.7. The van der Waals surface area contributed by atoms with Gasteiger partial charge in [-0.05, 0) is 128 Å². The van der Waals surface area contributed by atoms with E-state index in [1.54, 1.807) is 0 Å². The highest BCUT2D eigenvalue weighted by atomic mass is 32.1. The number of hydrogen-bond acceptors (Lipinski definition) is 4. The van der Waals surface area contributed by atoms with Crippen LogP contribution in [0.5, 0.6) is 11.5 Å². The van der Waals surface area contributed by atoms with E-state index in [9.17, 15) is 0 Å². The molecule has 0 saturated carbocycles. The topological polar surface area (TPSA) is 30.5 Å². The van der Waals surface area contributed by atoms with E-state index in [0.29, 0.717) is 0 Å². The molecule has 11 aromatic rings. The Morgan fingerprint density at radius 1 is 0.618 bits per heavy atom. The minimum atomic E-state index is -0.124. The normalized spacial score (nSPS) is 14.7. The highest BCUT2D eigenvalue weighted by Crippen LogP contribution is 2.55. The Labute approximate surface area is 401 Å². The number of para-hydroxylation sites is 2. The summed E-state index contributed by atoms with van der Waals surface area (Å²) in [6, 6.07) is 54.7. The second-order valence-electron chi connectivity index (χ2n) is 22.2. The molecule has 0 N–H and O–H groups in total. The molecule has 0 spiro atoms. The third kappa shape index (κ3) is 5.27. The van der Waals surface area contributed by atoms with Gasteiger partial charge in [-0.3, -0.25) is 0 Å². The third-order valence-corrected chi connectivity index (χ3v) is 16.8. The van der Waals surface area contributed by atoms with Crippen LogP contribution in [0.15, 0.2) is 150 Å². The molecule has 5 heterocycles. The van der Waals surface area contributed by atoms with E-state index in [2.05, 4.69) is 217 Å². The van der Waals surface area contributed by atoms with Gasteiger partial charge in [0.15, 0.2) is 5.58 Å². The largest absolute Gasteiger partial charge is 0.458 e. The van der Waals surface area contributed by atoms with Crippen molar-refractivity contribution in [3.63, 3.8) is 0 Å². The maximum Gasteiger partial charge on any atom is 0.269 e. The predicted molar refractivity (Wildman–Crippen MR) is 289 cm³/mol. The standard InChI is InChI=1S/C62H51BN2O2S/c1-34-30-47-55-50(31-34)67-57-44(63(55)59-56(41-32-36(61(5,6)7)24-29-51(41)68-59)64(47)37-25-22-35(23-26-37)60(2,3)4)33-48(58-54(57)40-18-12-15-21-49(40)66-58)65-45-20-14-11-17-39(45)53-46(65)28-27-43-52(53)38-16-10-13-19-42(38)62(43,8)9/h10-33H,1-9H3. The Balaban J connectivity index is 1.11. The van der Waals surface area contributed by atoms with Gasteiger partial charge in [0.2, 0.25) is 0 Å². The molecule has 8 aromatic carbocycles. The fourth-order valence-electron chi connectivity index (χ4n) is 12.2. The van der Waals surface area contributed by atoms with Gasteiger partial charge in [0, 0.05) is 47.8 Å². The second kappa shape index (κ2) is 13.4. The zero-order valence-corrected chi connectivity index (χ0v) is 40.9. The molecule has 0 saturated heterocycles. The number of hydrogen-bond donors (Lipinski definition) is 0. The van der Waals surface area contributed by atoms with Crippen LogP contribution in [0.25, 0.3) is 70.6 Å². The van der Waals surface area contributed by atoms with Gasteiger partial charge in [0.1, 0.15) is 17.1 Å². The lowest BCUT2D eigenvalue weighted by molar-refractivity contribution is 0.492. The van der Waals surface area contributed by atoms with Crippen LogP contribution in [0.4, 0.5) is 17.1 Å². The van der Waals surface area contributed by atoms with Crippen molar-refractivity contribution in [2.24, 2.45) is 0 Å². The predicted octanol–water partition coefficient (Wildman–Crippen LogP) is 15.5. The number of benzene rings is 8. The van der Waals surface area contributed by atoms with E-state index in [4.69, 9.17) is 9.15 Å². The summed E-state index contributed by atoms with van der Waals surface area (Å²) < 4.78 is 19.7. The molecule has 0 unspecified atom stereocenters. The van der Waals surface area contributed by atoms with Crippen LogP contribution >= 0.6 is 11.3 Å². The number of thiophene rings is 1. The number of aryl methyl sites for hydroxylation is 1. The minimum Gasteiger partial charge on any atom is -0.458 e. The highest BCUT2D eigenvalue weighted by Gasteiger charge is 2.46. The summed E-state index contributed by atoms with van der Waals surface area (Å²) in [5.41, 5.74) is 20.0. The Bertz CT molecular complexity index is 4020. The van der Waals surface area contributed by atoms with Crippen molar-refractivity contribution in [1.82, 2.24) is 4.57 Å². The Morgan fingerprint density at radius 2 is 1.34 bits per heavy atom. The first kappa shape index (κ1) is 40.1. The average molecular weight is 899 g/mol. The highest BCUT2D eigenvalue weighted by molar-refractivity contribution is 7.33. The summed E-state index contributed by atoms with van der Waals surface area (Å²) in [5, 5.41) is 5.87. The first-order valence-corrected chi connectivity index (χ1v) is 24.9. The van der Waals surface area contributed by atoms with Crippen LogP contribution in [-0.4, -0.2) is 11.3 Å². The SMILES string of the molecule is Cc1cc2c3c(c1)N(c1ccc(C(C)(C)C)cc1)c1c(sc4ccc(C(C)(C)C)cc14)B3c1cc(-n3c4ccccc4c4c5c(ccc43)C(C)(C)c3ccccc3-5)c3oc4ccccc4c3c1O2. The summed E-state index contributed by atoms with van der Waals surface area (Å²) in [6.45, 7) is 20.7. The molecule has 6 heteroatoms. The molecule has 0 atom stereocenters. The zero-order valence-electron chi connectivity index (χ0n) is 40.1. The number of aromatic nitrogens is 1. The molecular formula is C62H51BN2O2S. The first-order valence-electron chi connectivity index (χ1n) is 24.1. The summed E-state index contributed by atoms with van der Waals surface area (Å²) >= 11 is 1.93. The fraction of sp³-hybridized carbons (Fsp3) is 0.194. The van der Waals surface area contributed by atoms with Crippen LogP contribution in [-0.2, 0) is 16.2 Å². The summed E-state index contributed by atoms with van der Waals surface area (Å²) in [7, 11) is 0. The number of rotatable bonds is 2. The Morgan fingerprint density at radius 3 is 2.13 bits per heavy atom. The van der Waals surface area contributed by atoms with E-state index >= 15 is 0 Å². The summed E-state index contributed by atoms with van der Waals surface area (Å²) in [6.07, 6.45) is 0. The molecule has 3 aliphatic rings. The molecule has 0 fully saturated rings. The molecule has 0 radical (unpaired) electrons. The smallest absolute Gasteiger partial charge is 0.269 e. The van der Waals surface area contributed by atoms with Crippen molar-refractivity contribution in [3.8, 4) is 28.3 Å². The van der Waals surface area contributed by atoms with E-state index in [1.165, 1.54) is 81.4 Å². The molecule has 0 bridgehead atoms. The van der Waals surface area contributed by atoms with E-state index in [1.807, 2.05) is 11.3 Å². The van der Waals surface area contributed by atoms with Crippen LogP contribution in [0.1, 0.15) is 83.2 Å². The quantitative estimate of drug-likeness (QED) is 0.162. The Kier molecular flexibility index (Phi) is 7.88. The number of fused-ring (bicyclic) bond motifs is 17. The van der Waals surface area contributed by atoms with Gasteiger partial charge in [-0.2, -0.15) is 0 Å². The number of ether oxygens (including phenoxy) is 1. The van der Waals surface area contributed by atoms with Gasteiger partial charge in [-0.1, -0.05) is 140 Å². The third-order valence-electron chi connectivity index (χ3n) is 15.6.